The van der Waals surface area contributed by atoms with Gasteiger partial charge in [-0.05, 0) is 12.1 Å². The Balaban J connectivity index is 1.52. The molecule has 0 saturated heterocycles. The predicted octanol–water partition coefficient (Wildman–Crippen LogP) is 4.16. The van der Waals surface area contributed by atoms with Crippen LogP contribution in [0.1, 0.15) is 0 Å². The van der Waals surface area contributed by atoms with Crippen molar-refractivity contribution < 1.29 is 4.79 Å². The average Bonchev–Trinajstić information content (AvgIpc) is 3.17. The molecule has 0 aliphatic heterocycles. The third-order valence-corrected chi connectivity index (χ3v) is 6.73. The fourth-order valence-electron chi connectivity index (χ4n) is 1.64. The van der Waals surface area contributed by atoms with Crippen LogP contribution in [0.25, 0.3) is 10.2 Å². The molecule has 2 heterocycles. The van der Waals surface area contributed by atoms with Gasteiger partial charge in [0.25, 0.3) is 0 Å². The molecule has 2 aromatic heterocycles. The zero-order valence-electron chi connectivity index (χ0n) is 11.9. The lowest BCUT2D eigenvalue weighted by Crippen LogP contribution is -2.13. The van der Waals surface area contributed by atoms with E-state index in [0.717, 1.165) is 24.6 Å². The van der Waals surface area contributed by atoms with Gasteiger partial charge < -0.3 is 0 Å². The fraction of sp³-hybridized carbons (Fsp3) is 0.143. The molecule has 3 aromatic rings. The summed E-state index contributed by atoms with van der Waals surface area (Å²) in [5, 5.41) is 11.2. The zero-order valence-corrected chi connectivity index (χ0v) is 15.2. The molecule has 0 unspecified atom stereocenters. The van der Waals surface area contributed by atoms with Crippen molar-refractivity contribution in [3.05, 3.63) is 36.9 Å². The molecule has 23 heavy (non-hydrogen) atoms. The number of thioether (sulfide) groups is 2. The lowest BCUT2D eigenvalue weighted by Gasteiger charge is -1.98. The maximum Gasteiger partial charge on any atom is 0.236 e. The van der Waals surface area contributed by atoms with E-state index in [0.29, 0.717) is 10.9 Å². The SMILES string of the molecule is C=CCSc1nnc(NC(=O)CSc2nc3ccccc3s2)s1. The van der Waals surface area contributed by atoms with E-state index < -0.39 is 0 Å². The first-order chi connectivity index (χ1) is 11.2. The highest BCUT2D eigenvalue weighted by molar-refractivity contribution is 8.01. The van der Waals surface area contributed by atoms with Crippen LogP contribution in [0.15, 0.2) is 45.6 Å². The van der Waals surface area contributed by atoms with Crippen LogP contribution in [0.5, 0.6) is 0 Å². The Hall–Kier alpha value is -1.42. The number of carbonyl (C=O) groups excluding carboxylic acids is 1. The first-order valence-corrected chi connectivity index (χ1v) is 10.2. The molecule has 1 aromatic carbocycles. The summed E-state index contributed by atoms with van der Waals surface area (Å²) in [6.45, 7) is 3.66. The summed E-state index contributed by atoms with van der Waals surface area (Å²) in [4.78, 5) is 16.5. The number of thiazole rings is 1. The number of nitrogens with one attached hydrogen (secondary N) is 1. The van der Waals surface area contributed by atoms with Crippen molar-refractivity contribution in [3.63, 3.8) is 0 Å². The van der Waals surface area contributed by atoms with Crippen molar-refractivity contribution in [2.45, 2.75) is 8.68 Å². The smallest absolute Gasteiger partial charge is 0.236 e. The van der Waals surface area contributed by atoms with E-state index in [2.05, 4.69) is 27.1 Å². The van der Waals surface area contributed by atoms with Crippen molar-refractivity contribution in [1.29, 1.82) is 0 Å². The highest BCUT2D eigenvalue weighted by atomic mass is 32.2. The summed E-state index contributed by atoms with van der Waals surface area (Å²) in [5.41, 5.74) is 0.966. The van der Waals surface area contributed by atoms with E-state index >= 15 is 0 Å². The fourth-order valence-corrected chi connectivity index (χ4v) is 5.04. The van der Waals surface area contributed by atoms with E-state index in [1.165, 1.54) is 23.1 Å². The Morgan fingerprint density at radius 2 is 2.09 bits per heavy atom. The van der Waals surface area contributed by atoms with Crippen molar-refractivity contribution in [2.75, 3.05) is 16.8 Å². The van der Waals surface area contributed by atoms with Gasteiger partial charge in [-0.25, -0.2) is 4.98 Å². The summed E-state index contributed by atoms with van der Waals surface area (Å²) in [7, 11) is 0. The number of hydrogen-bond acceptors (Lipinski definition) is 8. The first-order valence-electron chi connectivity index (χ1n) is 6.60. The normalized spacial score (nSPS) is 10.8. The van der Waals surface area contributed by atoms with Crippen LogP contribution in [0.2, 0.25) is 0 Å². The van der Waals surface area contributed by atoms with Gasteiger partial charge in [-0.15, -0.1) is 28.1 Å². The number of benzene rings is 1. The topological polar surface area (TPSA) is 67.8 Å². The third kappa shape index (κ3) is 4.54. The van der Waals surface area contributed by atoms with Gasteiger partial charge in [0, 0.05) is 5.75 Å². The second-order valence-electron chi connectivity index (χ2n) is 4.26. The lowest BCUT2D eigenvalue weighted by molar-refractivity contribution is -0.113. The van der Waals surface area contributed by atoms with E-state index in [1.54, 1.807) is 29.2 Å². The van der Waals surface area contributed by atoms with E-state index in [-0.39, 0.29) is 5.91 Å². The molecular formula is C14H12N4OS4. The molecule has 118 valence electrons. The largest absolute Gasteiger partial charge is 0.300 e. The van der Waals surface area contributed by atoms with Crippen LogP contribution in [0.3, 0.4) is 0 Å². The van der Waals surface area contributed by atoms with E-state index in [9.17, 15) is 4.79 Å². The number of para-hydroxylation sites is 1. The van der Waals surface area contributed by atoms with Gasteiger partial charge in [-0.2, -0.15) is 0 Å². The van der Waals surface area contributed by atoms with Crippen molar-refractivity contribution in [2.24, 2.45) is 0 Å². The molecule has 0 aliphatic rings. The molecular weight excluding hydrogens is 368 g/mol. The maximum absolute atomic E-state index is 12.0. The van der Waals surface area contributed by atoms with Gasteiger partial charge in [0.15, 0.2) is 8.68 Å². The van der Waals surface area contributed by atoms with Crippen molar-refractivity contribution in [1.82, 2.24) is 15.2 Å². The van der Waals surface area contributed by atoms with Crippen molar-refractivity contribution in [3.8, 4) is 0 Å². The Bertz CT molecular complexity index is 796. The number of rotatable bonds is 7. The zero-order chi connectivity index (χ0) is 16.1. The molecule has 0 fully saturated rings. The molecule has 5 nitrogen and oxygen atoms in total. The minimum absolute atomic E-state index is 0.106. The van der Waals surface area contributed by atoms with Gasteiger partial charge in [0.05, 0.1) is 16.0 Å². The average molecular weight is 381 g/mol. The molecule has 0 spiro atoms. The second-order valence-corrected chi connectivity index (χ2v) is 8.75. The standard InChI is InChI=1S/C14H12N4OS4/c1-2-7-20-14-18-17-12(23-14)16-11(19)8-21-13-15-9-5-3-4-6-10(9)22-13/h2-6H,1,7-8H2,(H,16,17,19). The number of hydrogen-bond donors (Lipinski definition) is 1. The molecule has 9 heteroatoms. The minimum atomic E-state index is -0.106. The van der Waals surface area contributed by atoms with E-state index in [4.69, 9.17) is 0 Å². The number of aromatic nitrogens is 3. The molecule has 1 amide bonds. The number of anilines is 1. The molecule has 0 bridgehead atoms. The Morgan fingerprint density at radius 3 is 2.91 bits per heavy atom. The maximum atomic E-state index is 12.0. The molecule has 0 aliphatic carbocycles. The van der Waals surface area contributed by atoms with Crippen LogP contribution in [0.4, 0.5) is 5.13 Å². The summed E-state index contributed by atoms with van der Waals surface area (Å²) >= 11 is 5.93. The number of nitrogens with zero attached hydrogens (tertiary/aromatic N) is 3. The summed E-state index contributed by atoms with van der Waals surface area (Å²) in [5.74, 6) is 0.968. The predicted molar refractivity (Wildman–Crippen MR) is 99.8 cm³/mol. The highest BCUT2D eigenvalue weighted by Gasteiger charge is 2.10. The minimum Gasteiger partial charge on any atom is -0.300 e. The van der Waals surface area contributed by atoms with Gasteiger partial charge in [0.2, 0.25) is 11.0 Å². The summed E-state index contributed by atoms with van der Waals surface area (Å²) < 4.78 is 2.84. The van der Waals surface area contributed by atoms with Gasteiger partial charge >= 0.3 is 0 Å². The van der Waals surface area contributed by atoms with Crippen LogP contribution >= 0.6 is 46.2 Å². The Labute approximate surface area is 149 Å². The first kappa shape index (κ1) is 16.4. The Kier molecular flexibility index (Phi) is 5.65. The molecule has 0 saturated carbocycles. The van der Waals surface area contributed by atoms with Crippen LogP contribution in [-0.2, 0) is 4.79 Å². The molecule has 0 radical (unpaired) electrons. The number of amides is 1. The van der Waals surface area contributed by atoms with Gasteiger partial charge in [0.1, 0.15) is 0 Å². The van der Waals surface area contributed by atoms with Crippen molar-refractivity contribution >= 4 is 67.5 Å². The Morgan fingerprint density at radius 1 is 1.22 bits per heavy atom. The van der Waals surface area contributed by atoms with Gasteiger partial charge in [-0.1, -0.05) is 53.1 Å². The molecule has 3 rings (SSSR count). The quantitative estimate of drug-likeness (QED) is 0.377. The van der Waals surface area contributed by atoms with Crippen LogP contribution in [-0.4, -0.2) is 32.6 Å². The second kappa shape index (κ2) is 7.91. The third-order valence-electron chi connectivity index (χ3n) is 2.58. The van der Waals surface area contributed by atoms with Crippen LogP contribution in [0, 0.1) is 0 Å². The van der Waals surface area contributed by atoms with E-state index in [1.807, 2.05) is 24.3 Å². The summed E-state index contributed by atoms with van der Waals surface area (Å²) in [6.07, 6.45) is 1.80. The van der Waals surface area contributed by atoms with Gasteiger partial charge in [-0.3, -0.25) is 10.1 Å². The van der Waals surface area contributed by atoms with Crippen LogP contribution < -0.4 is 5.32 Å². The molecule has 0 atom stereocenters. The monoisotopic (exact) mass is 380 g/mol. The number of fused-ring (bicyclic) bond motifs is 1. The molecule has 1 N–H and O–H groups in total. The lowest BCUT2D eigenvalue weighted by atomic mass is 10.3. The highest BCUT2D eigenvalue weighted by Crippen LogP contribution is 2.29. The number of carbonyl (C=O) groups is 1. The summed E-state index contributed by atoms with van der Waals surface area (Å²) in [6, 6.07) is 7.94.